The molecule has 210 valence electrons. The van der Waals surface area contributed by atoms with Crippen molar-refractivity contribution < 1.29 is 49.9 Å². The predicted octanol–water partition coefficient (Wildman–Crippen LogP) is 0.943. The third kappa shape index (κ3) is 8.20. The van der Waals surface area contributed by atoms with Gasteiger partial charge in [-0.2, -0.15) is 13.1 Å². The number of methoxy groups -OCH3 is 1. The van der Waals surface area contributed by atoms with E-state index in [1.54, 1.807) is 0 Å². The summed E-state index contributed by atoms with van der Waals surface area (Å²) in [7, 11) is -7.15. The Hall–Kier alpha value is -2.59. The molecule has 1 fully saturated rings. The van der Waals surface area contributed by atoms with Crippen molar-refractivity contribution in [3.05, 3.63) is 60.2 Å². The molecule has 0 bridgehead atoms. The average Bonchev–Trinajstić information content (AvgIpc) is 3.19. The fraction of sp³-hybridized carbons (Fsp3) is 0.458. The van der Waals surface area contributed by atoms with Crippen LogP contribution in [0.5, 0.6) is 5.75 Å². The van der Waals surface area contributed by atoms with Gasteiger partial charge in [0.1, 0.15) is 36.7 Å². The lowest BCUT2D eigenvalue weighted by Gasteiger charge is -2.27. The number of nitrogens with one attached hydrogen (secondary N) is 1. The van der Waals surface area contributed by atoms with E-state index >= 15 is 0 Å². The zero-order chi connectivity index (χ0) is 28.1. The van der Waals surface area contributed by atoms with Crippen molar-refractivity contribution in [2.45, 2.75) is 55.5 Å². The third-order valence-electron chi connectivity index (χ3n) is 5.44. The summed E-state index contributed by atoms with van der Waals surface area (Å²) in [5, 5.41) is 10.6. The Labute approximate surface area is 222 Å². The summed E-state index contributed by atoms with van der Waals surface area (Å²) in [5.74, 6) is -1.93. The van der Waals surface area contributed by atoms with Crippen molar-refractivity contribution in [3.8, 4) is 5.75 Å². The molecule has 1 heterocycles. The topological polar surface area (TPSA) is 164 Å². The minimum atomic E-state index is -4.31. The highest BCUT2D eigenvalue weighted by Crippen LogP contribution is 2.33. The first-order valence-electron chi connectivity index (χ1n) is 11.5. The Kier molecular flexibility index (Phi) is 9.52. The van der Waals surface area contributed by atoms with Crippen molar-refractivity contribution in [3.63, 3.8) is 0 Å². The second-order valence-electron chi connectivity index (χ2n) is 8.99. The summed E-state index contributed by atoms with van der Waals surface area (Å²) < 4.78 is 77.8. The van der Waals surface area contributed by atoms with E-state index in [1.165, 1.54) is 38.1 Å². The molecule has 1 aliphatic heterocycles. The van der Waals surface area contributed by atoms with E-state index in [-0.39, 0.29) is 11.5 Å². The van der Waals surface area contributed by atoms with Crippen molar-refractivity contribution in [1.29, 1.82) is 0 Å². The lowest BCUT2D eigenvalue weighted by Crippen LogP contribution is -2.55. The molecule has 0 amide bonds. The van der Waals surface area contributed by atoms with E-state index in [1.807, 2.05) is 30.3 Å². The van der Waals surface area contributed by atoms with Crippen LogP contribution in [-0.2, 0) is 49.9 Å². The van der Waals surface area contributed by atoms with Crippen molar-refractivity contribution in [1.82, 2.24) is 4.72 Å². The van der Waals surface area contributed by atoms with E-state index in [4.69, 9.17) is 18.9 Å². The van der Waals surface area contributed by atoms with Crippen LogP contribution in [-0.4, -0.2) is 78.0 Å². The lowest BCUT2D eigenvalue weighted by molar-refractivity contribution is -0.161. The minimum absolute atomic E-state index is 0.172. The monoisotopic (exact) mass is 573 g/mol. The molecule has 2 aromatic rings. The summed E-state index contributed by atoms with van der Waals surface area (Å²) in [6, 6.07) is 13.3. The van der Waals surface area contributed by atoms with Gasteiger partial charge >= 0.3 is 5.97 Å². The standard InChI is InChI=1S/C24H31NO11S2/c1-24(2)35-21(19(26)15-34-37(4,28)29)22(36-24)20(23(27)32-3)25-38(30,31)18-12-10-17(11-13-18)33-14-16-8-6-5-7-9-16/h5-13,19-22,25-26H,14-15H2,1-4H3/t19-,20+,21-,22-/m0/s1. The first kappa shape index (κ1) is 30.0. The summed E-state index contributed by atoms with van der Waals surface area (Å²) in [6.45, 7) is 2.56. The summed E-state index contributed by atoms with van der Waals surface area (Å²) in [4.78, 5) is 12.5. The molecule has 14 heteroatoms. The van der Waals surface area contributed by atoms with Crippen molar-refractivity contribution in [2.24, 2.45) is 0 Å². The Balaban J connectivity index is 1.78. The summed E-state index contributed by atoms with van der Waals surface area (Å²) in [5.41, 5.74) is 0.937. The molecule has 0 aliphatic carbocycles. The minimum Gasteiger partial charge on any atom is -0.489 e. The van der Waals surface area contributed by atoms with Gasteiger partial charge < -0.3 is 24.1 Å². The number of carbonyl (C=O) groups excluding carboxylic acids is 1. The second-order valence-corrected chi connectivity index (χ2v) is 12.3. The predicted molar refractivity (Wildman–Crippen MR) is 134 cm³/mol. The van der Waals surface area contributed by atoms with E-state index in [2.05, 4.69) is 8.91 Å². The molecule has 3 rings (SSSR count). The van der Waals surface area contributed by atoms with Crippen LogP contribution in [0, 0.1) is 0 Å². The Morgan fingerprint density at radius 2 is 1.63 bits per heavy atom. The van der Waals surface area contributed by atoms with Gasteiger partial charge in [-0.25, -0.2) is 8.42 Å². The van der Waals surface area contributed by atoms with Crippen molar-refractivity contribution >= 4 is 26.1 Å². The molecule has 4 atom stereocenters. The molecule has 1 aliphatic rings. The number of ether oxygens (including phenoxy) is 4. The zero-order valence-corrected chi connectivity index (χ0v) is 22.9. The van der Waals surface area contributed by atoms with Gasteiger partial charge in [-0.15, -0.1) is 0 Å². The Morgan fingerprint density at radius 3 is 2.21 bits per heavy atom. The van der Waals surface area contributed by atoms with E-state index in [9.17, 15) is 26.7 Å². The molecule has 0 aromatic heterocycles. The molecular weight excluding hydrogens is 542 g/mol. The molecule has 2 aromatic carbocycles. The smallest absolute Gasteiger partial charge is 0.326 e. The van der Waals surface area contributed by atoms with Crippen LogP contribution in [0.4, 0.5) is 0 Å². The molecule has 0 saturated carbocycles. The van der Waals surface area contributed by atoms with E-state index in [0.717, 1.165) is 18.9 Å². The van der Waals surface area contributed by atoms with Gasteiger partial charge in [0, 0.05) is 0 Å². The average molecular weight is 574 g/mol. The molecule has 1 saturated heterocycles. The molecule has 0 spiro atoms. The van der Waals surface area contributed by atoms with Gasteiger partial charge in [-0.05, 0) is 43.7 Å². The molecule has 0 unspecified atom stereocenters. The number of aliphatic hydroxyl groups excluding tert-OH is 1. The van der Waals surface area contributed by atoms with Crippen LogP contribution in [0.3, 0.4) is 0 Å². The highest BCUT2D eigenvalue weighted by atomic mass is 32.2. The highest BCUT2D eigenvalue weighted by molar-refractivity contribution is 7.89. The quantitative estimate of drug-likeness (QED) is 0.274. The van der Waals surface area contributed by atoms with Crippen LogP contribution in [0.15, 0.2) is 59.5 Å². The van der Waals surface area contributed by atoms with Crippen LogP contribution in [0.1, 0.15) is 19.4 Å². The van der Waals surface area contributed by atoms with Gasteiger partial charge in [0.05, 0.1) is 24.9 Å². The number of benzene rings is 2. The molecule has 2 N–H and O–H groups in total. The number of hydrogen-bond donors (Lipinski definition) is 2. The number of sulfonamides is 1. The maximum atomic E-state index is 13.2. The summed E-state index contributed by atoms with van der Waals surface area (Å²) >= 11 is 0. The molecule has 12 nitrogen and oxygen atoms in total. The zero-order valence-electron chi connectivity index (χ0n) is 21.3. The largest absolute Gasteiger partial charge is 0.489 e. The highest BCUT2D eigenvalue weighted by Gasteiger charge is 2.52. The normalized spacial score (nSPS) is 21.0. The fourth-order valence-corrected chi connectivity index (χ4v) is 5.31. The Bertz CT molecular complexity index is 1300. The molecule has 38 heavy (non-hydrogen) atoms. The first-order chi connectivity index (χ1) is 17.7. The first-order valence-corrected chi connectivity index (χ1v) is 14.8. The van der Waals surface area contributed by atoms with Gasteiger partial charge in [0.15, 0.2) is 5.79 Å². The number of aliphatic hydroxyl groups is 1. The van der Waals surface area contributed by atoms with Crippen LogP contribution in [0.2, 0.25) is 0 Å². The molecule has 0 radical (unpaired) electrons. The van der Waals surface area contributed by atoms with Crippen LogP contribution < -0.4 is 9.46 Å². The lowest BCUT2D eigenvalue weighted by atomic mass is 10.0. The van der Waals surface area contributed by atoms with E-state index in [0.29, 0.717) is 5.75 Å². The number of rotatable bonds is 12. The second kappa shape index (κ2) is 12.1. The van der Waals surface area contributed by atoms with E-state index < -0.39 is 62.9 Å². The van der Waals surface area contributed by atoms with Gasteiger partial charge in [-0.1, -0.05) is 30.3 Å². The Morgan fingerprint density at radius 1 is 1.03 bits per heavy atom. The third-order valence-corrected chi connectivity index (χ3v) is 7.47. The maximum Gasteiger partial charge on any atom is 0.326 e. The van der Waals surface area contributed by atoms with Gasteiger partial charge in [0.25, 0.3) is 10.1 Å². The summed E-state index contributed by atoms with van der Waals surface area (Å²) in [6.07, 6.45) is -3.52. The SMILES string of the molecule is COC(=O)[C@H](NS(=O)(=O)c1ccc(OCc2ccccc2)cc1)[C@@H]1OC(C)(C)O[C@H]1[C@@H](O)COS(C)(=O)=O. The molecular formula is C24H31NO11S2. The van der Waals surface area contributed by atoms with Gasteiger partial charge in [0.2, 0.25) is 10.0 Å². The number of hydrogen-bond acceptors (Lipinski definition) is 11. The number of esters is 1. The fourth-order valence-electron chi connectivity index (χ4n) is 3.73. The van der Waals surface area contributed by atoms with Crippen LogP contribution >= 0.6 is 0 Å². The maximum absolute atomic E-state index is 13.2. The number of carbonyl (C=O) groups is 1. The van der Waals surface area contributed by atoms with Gasteiger partial charge in [-0.3, -0.25) is 8.98 Å². The van der Waals surface area contributed by atoms with Crippen molar-refractivity contribution in [2.75, 3.05) is 20.0 Å². The van der Waals surface area contributed by atoms with Crippen LogP contribution in [0.25, 0.3) is 0 Å².